The maximum absolute atomic E-state index is 12.8. The Balaban J connectivity index is 2.05. The second-order valence-corrected chi connectivity index (χ2v) is 6.27. The molecule has 0 spiro atoms. The van der Waals surface area contributed by atoms with Crippen molar-refractivity contribution in [1.29, 1.82) is 0 Å². The van der Waals surface area contributed by atoms with Crippen LogP contribution in [0.2, 0.25) is 0 Å². The van der Waals surface area contributed by atoms with Crippen LogP contribution in [0, 0.1) is 5.92 Å². The van der Waals surface area contributed by atoms with Gasteiger partial charge >= 0.3 is 0 Å². The molecule has 1 atom stereocenters. The van der Waals surface area contributed by atoms with E-state index in [2.05, 4.69) is 0 Å². The Kier molecular flexibility index (Phi) is 6.63. The van der Waals surface area contributed by atoms with Gasteiger partial charge in [0.2, 0.25) is 5.91 Å². The number of nitrogens with zero attached hydrogens (tertiary/aromatic N) is 1. The average molecular weight is 301 g/mol. The van der Waals surface area contributed by atoms with Gasteiger partial charge in [0.15, 0.2) is 0 Å². The number of rotatable bonds is 7. The number of carbonyl (C=O) groups is 2. The van der Waals surface area contributed by atoms with Crippen molar-refractivity contribution >= 4 is 11.7 Å². The van der Waals surface area contributed by atoms with E-state index in [0.29, 0.717) is 19.3 Å². The topological polar surface area (TPSA) is 37.4 Å². The van der Waals surface area contributed by atoms with Crippen molar-refractivity contribution in [2.45, 2.75) is 51.9 Å². The SMILES string of the molecule is CCCC(=O)CC(Cc1ccccc1)C(=O)N1CCCCC1. The van der Waals surface area contributed by atoms with E-state index in [0.717, 1.165) is 37.9 Å². The highest BCUT2D eigenvalue weighted by Gasteiger charge is 2.27. The van der Waals surface area contributed by atoms with Crippen LogP contribution in [0.1, 0.15) is 51.0 Å². The van der Waals surface area contributed by atoms with Gasteiger partial charge in [0, 0.05) is 31.8 Å². The van der Waals surface area contributed by atoms with E-state index in [1.807, 2.05) is 42.2 Å². The van der Waals surface area contributed by atoms with Crippen LogP contribution in [-0.4, -0.2) is 29.7 Å². The molecule has 1 unspecified atom stereocenters. The Labute approximate surface area is 133 Å². The fourth-order valence-electron chi connectivity index (χ4n) is 3.17. The van der Waals surface area contributed by atoms with E-state index in [-0.39, 0.29) is 17.6 Å². The van der Waals surface area contributed by atoms with Gasteiger partial charge in [-0.25, -0.2) is 0 Å². The molecule has 3 nitrogen and oxygen atoms in total. The number of Topliss-reactive ketones (excluding diaryl/α,β-unsaturated/α-hetero) is 1. The summed E-state index contributed by atoms with van der Waals surface area (Å²) in [4.78, 5) is 26.8. The van der Waals surface area contributed by atoms with Crippen LogP contribution in [0.3, 0.4) is 0 Å². The summed E-state index contributed by atoms with van der Waals surface area (Å²) in [5, 5.41) is 0. The smallest absolute Gasteiger partial charge is 0.226 e. The normalized spacial score (nSPS) is 16.3. The van der Waals surface area contributed by atoms with Crippen molar-refractivity contribution in [3.8, 4) is 0 Å². The number of likely N-dealkylation sites (tertiary alicyclic amines) is 1. The molecule has 0 bridgehead atoms. The van der Waals surface area contributed by atoms with E-state index in [1.165, 1.54) is 6.42 Å². The Morgan fingerprint density at radius 2 is 1.77 bits per heavy atom. The highest BCUT2D eigenvalue weighted by Crippen LogP contribution is 2.20. The Hall–Kier alpha value is -1.64. The molecule has 1 saturated heterocycles. The third-order valence-corrected chi connectivity index (χ3v) is 4.34. The second-order valence-electron chi connectivity index (χ2n) is 6.27. The zero-order valence-corrected chi connectivity index (χ0v) is 13.6. The predicted molar refractivity (Wildman–Crippen MR) is 88.6 cm³/mol. The van der Waals surface area contributed by atoms with E-state index >= 15 is 0 Å². The second kappa shape index (κ2) is 8.72. The number of benzene rings is 1. The molecule has 0 saturated carbocycles. The molecule has 1 aromatic rings. The highest BCUT2D eigenvalue weighted by molar-refractivity contribution is 5.87. The molecule has 120 valence electrons. The van der Waals surface area contributed by atoms with Crippen molar-refractivity contribution in [1.82, 2.24) is 4.90 Å². The third-order valence-electron chi connectivity index (χ3n) is 4.34. The first kappa shape index (κ1) is 16.7. The van der Waals surface area contributed by atoms with E-state index in [9.17, 15) is 9.59 Å². The molecule has 1 heterocycles. The minimum atomic E-state index is -0.195. The molecule has 22 heavy (non-hydrogen) atoms. The van der Waals surface area contributed by atoms with Gasteiger partial charge in [-0.1, -0.05) is 37.3 Å². The lowest BCUT2D eigenvalue weighted by Gasteiger charge is -2.30. The Morgan fingerprint density at radius 3 is 2.41 bits per heavy atom. The molecule has 1 fully saturated rings. The quantitative estimate of drug-likeness (QED) is 0.771. The summed E-state index contributed by atoms with van der Waals surface area (Å²) in [7, 11) is 0. The van der Waals surface area contributed by atoms with Gasteiger partial charge in [-0.15, -0.1) is 0 Å². The Morgan fingerprint density at radius 1 is 1.09 bits per heavy atom. The number of hydrogen-bond acceptors (Lipinski definition) is 2. The predicted octanol–water partition coefficient (Wildman–Crippen LogP) is 3.62. The largest absolute Gasteiger partial charge is 0.342 e. The monoisotopic (exact) mass is 301 g/mol. The van der Waals surface area contributed by atoms with Crippen LogP contribution in [0.5, 0.6) is 0 Å². The van der Waals surface area contributed by atoms with Gasteiger partial charge in [0.25, 0.3) is 0 Å². The third kappa shape index (κ3) is 4.97. The lowest BCUT2D eigenvalue weighted by molar-refractivity contribution is -0.138. The lowest BCUT2D eigenvalue weighted by atomic mass is 9.91. The fraction of sp³-hybridized carbons (Fsp3) is 0.579. The number of ketones is 1. The van der Waals surface area contributed by atoms with Crippen LogP contribution in [0.4, 0.5) is 0 Å². The summed E-state index contributed by atoms with van der Waals surface area (Å²) in [5.74, 6) is 0.196. The van der Waals surface area contributed by atoms with E-state index < -0.39 is 0 Å². The van der Waals surface area contributed by atoms with Crippen LogP contribution in [-0.2, 0) is 16.0 Å². The summed E-state index contributed by atoms with van der Waals surface area (Å²) in [6.45, 7) is 3.72. The molecule has 0 aliphatic carbocycles. The summed E-state index contributed by atoms with van der Waals surface area (Å²) in [5.41, 5.74) is 1.14. The molecule has 0 N–H and O–H groups in total. The van der Waals surface area contributed by atoms with Crippen LogP contribution in [0.25, 0.3) is 0 Å². The molecule has 3 heteroatoms. The summed E-state index contributed by atoms with van der Waals surface area (Å²) >= 11 is 0. The van der Waals surface area contributed by atoms with Gasteiger partial charge in [0.05, 0.1) is 0 Å². The molecule has 0 aromatic heterocycles. The Bertz CT molecular complexity index is 477. The molecule has 1 amide bonds. The maximum Gasteiger partial charge on any atom is 0.226 e. The summed E-state index contributed by atoms with van der Waals surface area (Å²) in [6, 6.07) is 10.0. The van der Waals surface area contributed by atoms with Gasteiger partial charge in [-0.2, -0.15) is 0 Å². The van der Waals surface area contributed by atoms with Gasteiger partial charge < -0.3 is 4.90 Å². The van der Waals surface area contributed by atoms with Gasteiger partial charge in [-0.05, 0) is 37.7 Å². The number of piperidine rings is 1. The van der Waals surface area contributed by atoms with Crippen LogP contribution in [0.15, 0.2) is 30.3 Å². The zero-order valence-electron chi connectivity index (χ0n) is 13.6. The average Bonchev–Trinajstić information content (AvgIpc) is 2.55. The fourth-order valence-corrected chi connectivity index (χ4v) is 3.17. The molecule has 2 rings (SSSR count). The van der Waals surface area contributed by atoms with Crippen LogP contribution >= 0.6 is 0 Å². The van der Waals surface area contributed by atoms with E-state index in [1.54, 1.807) is 0 Å². The number of hydrogen-bond donors (Lipinski definition) is 0. The lowest BCUT2D eigenvalue weighted by Crippen LogP contribution is -2.41. The molecule has 0 radical (unpaired) electrons. The maximum atomic E-state index is 12.8. The van der Waals surface area contributed by atoms with Crippen LogP contribution < -0.4 is 0 Å². The van der Waals surface area contributed by atoms with Gasteiger partial charge in [-0.3, -0.25) is 9.59 Å². The van der Waals surface area contributed by atoms with Gasteiger partial charge in [0.1, 0.15) is 5.78 Å². The first-order valence-electron chi connectivity index (χ1n) is 8.55. The summed E-state index contributed by atoms with van der Waals surface area (Å²) in [6.07, 6.45) is 5.89. The molecule has 1 aromatic carbocycles. The summed E-state index contributed by atoms with van der Waals surface area (Å²) < 4.78 is 0. The number of amides is 1. The minimum Gasteiger partial charge on any atom is -0.342 e. The molecule has 1 aliphatic rings. The van der Waals surface area contributed by atoms with Crippen molar-refractivity contribution in [2.75, 3.05) is 13.1 Å². The van der Waals surface area contributed by atoms with Crippen molar-refractivity contribution in [3.05, 3.63) is 35.9 Å². The standard InChI is InChI=1S/C19H27NO2/c1-2-9-18(21)15-17(14-16-10-5-3-6-11-16)19(22)20-12-7-4-8-13-20/h3,5-6,10-11,17H,2,4,7-9,12-15H2,1H3. The number of carbonyl (C=O) groups excluding carboxylic acids is 2. The molecular weight excluding hydrogens is 274 g/mol. The molecule has 1 aliphatic heterocycles. The highest BCUT2D eigenvalue weighted by atomic mass is 16.2. The van der Waals surface area contributed by atoms with Crippen molar-refractivity contribution in [2.24, 2.45) is 5.92 Å². The first-order chi connectivity index (χ1) is 10.7. The first-order valence-corrected chi connectivity index (χ1v) is 8.55. The zero-order chi connectivity index (χ0) is 15.8. The van der Waals surface area contributed by atoms with E-state index in [4.69, 9.17) is 0 Å². The molecular formula is C19H27NO2. The minimum absolute atomic E-state index is 0.174. The van der Waals surface area contributed by atoms with Crippen molar-refractivity contribution in [3.63, 3.8) is 0 Å². The van der Waals surface area contributed by atoms with Crippen molar-refractivity contribution < 1.29 is 9.59 Å².